The Labute approximate surface area is 120 Å². The van der Waals surface area contributed by atoms with Crippen LogP contribution in [0.5, 0.6) is 0 Å². The van der Waals surface area contributed by atoms with E-state index in [4.69, 9.17) is 0 Å². The Morgan fingerprint density at radius 3 is 2.20 bits per heavy atom. The Hall–Kier alpha value is -0.580. The second kappa shape index (κ2) is 4.46. The van der Waals surface area contributed by atoms with E-state index in [0.717, 1.165) is 32.1 Å². The lowest BCUT2D eigenvalue weighted by Gasteiger charge is -2.22. The van der Waals surface area contributed by atoms with Crippen molar-refractivity contribution in [1.29, 1.82) is 0 Å². The molecule has 1 N–H and O–H groups in total. The van der Waals surface area contributed by atoms with Crippen LogP contribution in [-0.4, -0.2) is 19.6 Å². The summed E-state index contributed by atoms with van der Waals surface area (Å²) in [7, 11) is -3.44. The highest BCUT2D eigenvalue weighted by Crippen LogP contribution is 2.55. The SMILES string of the molecule is O=C(NS(=O)(=O)C1C[C@@H]2CC[C@H]1C2)C1C2CCCCC21. The van der Waals surface area contributed by atoms with Gasteiger partial charge in [0.2, 0.25) is 15.9 Å². The molecule has 0 radical (unpaired) electrons. The molecule has 0 spiro atoms. The molecule has 5 atom stereocenters. The molecule has 4 aliphatic carbocycles. The lowest BCUT2D eigenvalue weighted by atomic mass is 10.0. The van der Waals surface area contributed by atoms with E-state index >= 15 is 0 Å². The van der Waals surface area contributed by atoms with Gasteiger partial charge in [-0.2, -0.15) is 0 Å². The maximum atomic E-state index is 12.4. The number of carbonyl (C=O) groups is 1. The predicted molar refractivity (Wildman–Crippen MR) is 75.2 cm³/mol. The Kier molecular flexibility index (Phi) is 2.92. The fourth-order valence-corrected chi connectivity index (χ4v) is 7.08. The van der Waals surface area contributed by atoms with Gasteiger partial charge in [-0.05, 0) is 55.8 Å². The highest BCUT2D eigenvalue weighted by Gasteiger charge is 2.56. The van der Waals surface area contributed by atoms with Crippen LogP contribution < -0.4 is 4.72 Å². The second-order valence-corrected chi connectivity index (χ2v) is 9.26. The van der Waals surface area contributed by atoms with Crippen LogP contribution in [0.1, 0.15) is 51.4 Å². The molecule has 5 heteroatoms. The molecular weight excluding hydrogens is 274 g/mol. The average molecular weight is 297 g/mol. The minimum absolute atomic E-state index is 0.00846. The third-order valence-corrected chi connectivity index (χ3v) is 8.13. The Balaban J connectivity index is 1.42. The average Bonchev–Trinajstić information content (AvgIpc) is 2.76. The highest BCUT2D eigenvalue weighted by molar-refractivity contribution is 7.90. The van der Waals surface area contributed by atoms with Gasteiger partial charge in [0.1, 0.15) is 0 Å². The number of sulfonamides is 1. The van der Waals surface area contributed by atoms with Crippen molar-refractivity contribution in [1.82, 2.24) is 4.72 Å². The summed E-state index contributed by atoms with van der Waals surface area (Å²) in [6, 6.07) is 0. The van der Waals surface area contributed by atoms with Gasteiger partial charge in [0.05, 0.1) is 5.25 Å². The summed E-state index contributed by atoms with van der Waals surface area (Å²) >= 11 is 0. The summed E-state index contributed by atoms with van der Waals surface area (Å²) in [6.07, 6.45) is 8.64. The topological polar surface area (TPSA) is 63.2 Å². The van der Waals surface area contributed by atoms with Crippen molar-refractivity contribution in [2.24, 2.45) is 29.6 Å². The van der Waals surface area contributed by atoms with Crippen LogP contribution in [0.4, 0.5) is 0 Å². The molecule has 4 nitrogen and oxygen atoms in total. The van der Waals surface area contributed by atoms with Crippen molar-refractivity contribution in [2.45, 2.75) is 56.6 Å². The number of hydrogen-bond donors (Lipinski definition) is 1. The number of rotatable bonds is 3. The fraction of sp³-hybridized carbons (Fsp3) is 0.933. The third-order valence-electron chi connectivity index (χ3n) is 6.27. The molecule has 0 saturated heterocycles. The van der Waals surface area contributed by atoms with Gasteiger partial charge >= 0.3 is 0 Å². The summed E-state index contributed by atoms with van der Waals surface area (Å²) in [6.45, 7) is 0. The molecule has 20 heavy (non-hydrogen) atoms. The van der Waals surface area contributed by atoms with Crippen LogP contribution in [0.2, 0.25) is 0 Å². The van der Waals surface area contributed by atoms with Crippen molar-refractivity contribution in [3.05, 3.63) is 0 Å². The largest absolute Gasteiger partial charge is 0.274 e. The molecule has 0 aromatic heterocycles. The summed E-state index contributed by atoms with van der Waals surface area (Å²) < 4.78 is 27.3. The number of carbonyl (C=O) groups excluding carboxylic acids is 1. The van der Waals surface area contributed by atoms with Crippen LogP contribution in [0.3, 0.4) is 0 Å². The molecule has 0 aromatic carbocycles. The first-order valence-electron chi connectivity index (χ1n) is 8.12. The second-order valence-electron chi connectivity index (χ2n) is 7.36. The predicted octanol–water partition coefficient (Wildman–Crippen LogP) is 2.06. The zero-order valence-corrected chi connectivity index (χ0v) is 12.6. The van der Waals surface area contributed by atoms with Crippen molar-refractivity contribution in [2.75, 3.05) is 0 Å². The van der Waals surface area contributed by atoms with Gasteiger partial charge in [-0.15, -0.1) is 0 Å². The standard InChI is InChI=1S/C15H23NO3S/c17-15(14-11-3-1-2-4-12(11)14)16-20(18,19)13-8-9-5-6-10(13)7-9/h9-14H,1-8H2,(H,16,17)/t9-,10+,11?,12?,13?,14?/m1/s1. The summed E-state index contributed by atoms with van der Waals surface area (Å²) in [5, 5.41) is -0.300. The first-order chi connectivity index (χ1) is 9.56. The van der Waals surface area contributed by atoms with Gasteiger partial charge in [-0.1, -0.05) is 19.3 Å². The summed E-state index contributed by atoms with van der Waals surface area (Å²) in [4.78, 5) is 12.3. The van der Waals surface area contributed by atoms with Crippen LogP contribution in [0.15, 0.2) is 0 Å². The number of fused-ring (bicyclic) bond motifs is 3. The maximum Gasteiger partial charge on any atom is 0.238 e. The van der Waals surface area contributed by atoms with E-state index in [1.807, 2.05) is 0 Å². The van der Waals surface area contributed by atoms with E-state index < -0.39 is 10.0 Å². The van der Waals surface area contributed by atoms with Crippen LogP contribution in [-0.2, 0) is 14.8 Å². The van der Waals surface area contributed by atoms with Gasteiger partial charge in [0.15, 0.2) is 0 Å². The molecule has 3 unspecified atom stereocenters. The van der Waals surface area contributed by atoms with Gasteiger partial charge in [0, 0.05) is 5.92 Å². The minimum Gasteiger partial charge on any atom is -0.274 e. The van der Waals surface area contributed by atoms with Crippen molar-refractivity contribution >= 4 is 15.9 Å². The molecule has 4 fully saturated rings. The Morgan fingerprint density at radius 2 is 1.65 bits per heavy atom. The van der Waals surface area contributed by atoms with Crippen molar-refractivity contribution < 1.29 is 13.2 Å². The van der Waals surface area contributed by atoms with Crippen LogP contribution >= 0.6 is 0 Å². The molecular formula is C15H23NO3S. The molecule has 2 bridgehead atoms. The highest BCUT2D eigenvalue weighted by atomic mass is 32.2. The monoisotopic (exact) mass is 297 g/mol. The summed E-state index contributed by atoms with van der Waals surface area (Å²) in [5.74, 6) is 1.61. The van der Waals surface area contributed by atoms with E-state index in [1.165, 1.54) is 19.3 Å². The first-order valence-corrected chi connectivity index (χ1v) is 9.66. The van der Waals surface area contributed by atoms with Crippen molar-refractivity contribution in [3.63, 3.8) is 0 Å². The summed E-state index contributed by atoms with van der Waals surface area (Å²) in [5.41, 5.74) is 0. The van der Waals surface area contributed by atoms with Crippen LogP contribution in [0, 0.1) is 29.6 Å². The zero-order chi connectivity index (χ0) is 13.9. The van der Waals surface area contributed by atoms with Gasteiger partial charge in [0.25, 0.3) is 0 Å². The molecule has 4 aliphatic rings. The lowest BCUT2D eigenvalue weighted by molar-refractivity contribution is -0.121. The van der Waals surface area contributed by atoms with Gasteiger partial charge in [-0.3, -0.25) is 9.52 Å². The molecule has 4 rings (SSSR count). The van der Waals surface area contributed by atoms with Crippen LogP contribution in [0.25, 0.3) is 0 Å². The lowest BCUT2D eigenvalue weighted by Crippen LogP contribution is -2.41. The Bertz CT molecular complexity index is 517. The minimum atomic E-state index is -3.44. The number of hydrogen-bond acceptors (Lipinski definition) is 3. The smallest absolute Gasteiger partial charge is 0.238 e. The molecule has 0 heterocycles. The Morgan fingerprint density at radius 1 is 0.950 bits per heavy atom. The molecule has 0 aromatic rings. The number of amides is 1. The molecule has 4 saturated carbocycles. The van der Waals surface area contributed by atoms with Crippen molar-refractivity contribution in [3.8, 4) is 0 Å². The molecule has 1 amide bonds. The molecule has 0 aliphatic heterocycles. The number of nitrogens with one attached hydrogen (secondary N) is 1. The van der Waals surface area contributed by atoms with E-state index in [0.29, 0.717) is 23.7 Å². The fourth-order valence-electron chi connectivity index (χ4n) is 5.23. The van der Waals surface area contributed by atoms with E-state index in [-0.39, 0.29) is 17.1 Å². The van der Waals surface area contributed by atoms with E-state index in [9.17, 15) is 13.2 Å². The maximum absolute atomic E-state index is 12.4. The first kappa shape index (κ1) is 13.1. The molecule has 112 valence electrons. The van der Waals surface area contributed by atoms with Gasteiger partial charge in [-0.25, -0.2) is 8.42 Å². The quantitative estimate of drug-likeness (QED) is 0.867. The van der Waals surface area contributed by atoms with E-state index in [2.05, 4.69) is 4.72 Å². The van der Waals surface area contributed by atoms with Gasteiger partial charge < -0.3 is 0 Å². The zero-order valence-electron chi connectivity index (χ0n) is 11.8. The van der Waals surface area contributed by atoms with E-state index in [1.54, 1.807) is 0 Å². The normalized spacial score (nSPS) is 46.0. The third kappa shape index (κ3) is 2.00.